The second-order valence-electron chi connectivity index (χ2n) is 9.32. The summed E-state index contributed by atoms with van der Waals surface area (Å²) in [5.41, 5.74) is 3.67. The third-order valence-corrected chi connectivity index (χ3v) is 8.50. The second-order valence-corrected chi connectivity index (χ2v) is 11.3. The van der Waals surface area contributed by atoms with E-state index in [-0.39, 0.29) is 16.6 Å². The van der Waals surface area contributed by atoms with Crippen LogP contribution in [0.3, 0.4) is 0 Å². The Kier molecular flexibility index (Phi) is 6.49. The van der Waals surface area contributed by atoms with E-state index in [0.29, 0.717) is 35.7 Å². The number of carbonyl (C=O) groups is 1. The maximum atomic E-state index is 13.3. The van der Waals surface area contributed by atoms with Gasteiger partial charge in [0.2, 0.25) is 0 Å². The monoisotopic (exact) mass is 500 g/mol. The van der Waals surface area contributed by atoms with Crippen molar-refractivity contribution < 1.29 is 17.9 Å². The number of amides is 1. The van der Waals surface area contributed by atoms with Crippen LogP contribution in [0.25, 0.3) is 10.9 Å². The Morgan fingerprint density at radius 2 is 1.78 bits per heavy atom. The molecule has 7 heteroatoms. The Balaban J connectivity index is 1.27. The minimum Gasteiger partial charge on any atom is -0.496 e. The van der Waals surface area contributed by atoms with Crippen molar-refractivity contribution in [1.82, 2.24) is 9.88 Å². The molecule has 0 saturated carbocycles. The predicted octanol–water partition coefficient (Wildman–Crippen LogP) is 4.84. The molecule has 1 aliphatic heterocycles. The van der Waals surface area contributed by atoms with E-state index in [4.69, 9.17) is 4.74 Å². The Hall–Kier alpha value is -3.71. The molecule has 4 aromatic rings. The molecule has 1 amide bonds. The van der Waals surface area contributed by atoms with Crippen molar-refractivity contribution in [3.05, 3.63) is 101 Å². The van der Waals surface area contributed by atoms with Gasteiger partial charge >= 0.3 is 0 Å². The largest absolute Gasteiger partial charge is 0.496 e. The van der Waals surface area contributed by atoms with Gasteiger partial charge in [-0.15, -0.1) is 0 Å². The van der Waals surface area contributed by atoms with Crippen molar-refractivity contribution in [2.45, 2.75) is 24.0 Å². The lowest BCUT2D eigenvalue weighted by Crippen LogP contribution is -2.50. The number of aromatic nitrogens is 1. The number of carbonyl (C=O) groups excluding carboxylic acids is 1. The Morgan fingerprint density at radius 3 is 2.56 bits per heavy atom. The number of likely N-dealkylation sites (tertiary alicyclic amines) is 1. The quantitative estimate of drug-likeness (QED) is 0.363. The summed E-state index contributed by atoms with van der Waals surface area (Å²) in [4.78, 5) is 19.4. The average molecular weight is 501 g/mol. The fourth-order valence-electron chi connectivity index (χ4n) is 4.83. The van der Waals surface area contributed by atoms with Gasteiger partial charge in [-0.05, 0) is 66.3 Å². The number of ether oxygens (including phenoxy) is 1. The summed E-state index contributed by atoms with van der Waals surface area (Å²) in [5.74, 6) is 1.10. The Labute approximate surface area is 211 Å². The van der Waals surface area contributed by atoms with Crippen molar-refractivity contribution in [2.75, 3.05) is 20.2 Å². The number of pyridine rings is 1. The van der Waals surface area contributed by atoms with Gasteiger partial charge in [-0.2, -0.15) is 0 Å². The second kappa shape index (κ2) is 9.74. The molecule has 0 N–H and O–H groups in total. The SMILES string of the molecule is COc1ccccc1CC1CN(C(=O)c2ccc(CS(=O)(=O)c3cccc4cccnc34)c(C)c2)C1. The zero-order valence-corrected chi connectivity index (χ0v) is 21.2. The van der Waals surface area contributed by atoms with Crippen molar-refractivity contribution in [3.8, 4) is 5.75 Å². The van der Waals surface area contributed by atoms with Gasteiger partial charge in [0.05, 0.1) is 23.3 Å². The van der Waals surface area contributed by atoms with Crippen LogP contribution in [0.2, 0.25) is 0 Å². The summed E-state index contributed by atoms with van der Waals surface area (Å²) in [6.45, 7) is 3.24. The molecule has 184 valence electrons. The number of hydrogen-bond donors (Lipinski definition) is 0. The number of para-hydroxylation sites is 2. The van der Waals surface area contributed by atoms with Crippen LogP contribution in [0.1, 0.15) is 27.0 Å². The molecule has 1 aliphatic rings. The Morgan fingerprint density at radius 1 is 1.00 bits per heavy atom. The van der Waals surface area contributed by atoms with Crippen molar-refractivity contribution >= 4 is 26.6 Å². The summed E-state index contributed by atoms with van der Waals surface area (Å²) in [5, 5.41) is 0.787. The number of methoxy groups -OCH3 is 1. The summed E-state index contributed by atoms with van der Waals surface area (Å²) in [6, 6.07) is 22.1. The Bertz CT molecular complexity index is 1540. The third kappa shape index (κ3) is 4.71. The molecular weight excluding hydrogens is 472 g/mol. The number of aryl methyl sites for hydroxylation is 1. The number of benzene rings is 3. The summed E-state index contributed by atoms with van der Waals surface area (Å²) < 4.78 is 32.0. The molecule has 5 rings (SSSR count). The van der Waals surface area contributed by atoms with Gasteiger partial charge in [0.25, 0.3) is 5.91 Å². The van der Waals surface area contributed by atoms with Gasteiger partial charge in [0, 0.05) is 30.2 Å². The number of nitrogens with zero attached hydrogens (tertiary/aromatic N) is 2. The van der Waals surface area contributed by atoms with Crippen molar-refractivity contribution in [3.63, 3.8) is 0 Å². The number of rotatable bonds is 7. The fourth-order valence-corrected chi connectivity index (χ4v) is 6.47. The number of hydrogen-bond acceptors (Lipinski definition) is 5. The molecule has 3 aromatic carbocycles. The fraction of sp³-hybridized carbons (Fsp3) is 0.241. The van der Waals surface area contributed by atoms with E-state index in [0.717, 1.165) is 28.7 Å². The molecule has 0 bridgehead atoms. The van der Waals surface area contributed by atoms with Crippen LogP contribution in [0.5, 0.6) is 5.75 Å². The van der Waals surface area contributed by atoms with E-state index in [9.17, 15) is 13.2 Å². The molecule has 1 fully saturated rings. The standard InChI is InChI=1S/C29H28N2O4S/c1-20-15-24(29(32)31-17-21(18-31)16-23-7-3-4-10-26(23)35-2)12-13-25(20)19-36(33,34)27-11-5-8-22-9-6-14-30-28(22)27/h3-15,21H,16-19H2,1-2H3. The van der Waals surface area contributed by atoms with E-state index < -0.39 is 9.84 Å². The molecule has 0 unspecified atom stereocenters. The van der Waals surface area contributed by atoms with Gasteiger partial charge in [0.1, 0.15) is 5.75 Å². The highest BCUT2D eigenvalue weighted by Gasteiger charge is 2.32. The maximum Gasteiger partial charge on any atom is 0.253 e. The molecule has 1 saturated heterocycles. The van der Waals surface area contributed by atoms with Crippen LogP contribution in [0.4, 0.5) is 0 Å². The lowest BCUT2D eigenvalue weighted by molar-refractivity contribution is 0.0500. The molecule has 0 radical (unpaired) electrons. The first kappa shape index (κ1) is 24.0. The van der Waals surface area contributed by atoms with E-state index in [1.54, 1.807) is 49.7 Å². The van der Waals surface area contributed by atoms with E-state index in [1.807, 2.05) is 42.2 Å². The van der Waals surface area contributed by atoms with E-state index in [1.165, 1.54) is 0 Å². The zero-order chi connectivity index (χ0) is 25.3. The van der Waals surface area contributed by atoms with Crippen LogP contribution in [-0.2, 0) is 22.0 Å². The topological polar surface area (TPSA) is 76.6 Å². The predicted molar refractivity (Wildman–Crippen MR) is 140 cm³/mol. The number of fused-ring (bicyclic) bond motifs is 1. The van der Waals surface area contributed by atoms with Gasteiger partial charge < -0.3 is 9.64 Å². The maximum absolute atomic E-state index is 13.3. The first-order valence-electron chi connectivity index (χ1n) is 11.9. The van der Waals surface area contributed by atoms with Crippen molar-refractivity contribution in [1.29, 1.82) is 0 Å². The van der Waals surface area contributed by atoms with Crippen LogP contribution in [0, 0.1) is 12.8 Å². The molecule has 0 atom stereocenters. The van der Waals surface area contributed by atoms with Gasteiger partial charge in [-0.25, -0.2) is 8.42 Å². The first-order chi connectivity index (χ1) is 17.4. The highest BCUT2D eigenvalue weighted by Crippen LogP contribution is 2.29. The van der Waals surface area contributed by atoms with Crippen LogP contribution >= 0.6 is 0 Å². The van der Waals surface area contributed by atoms with Gasteiger partial charge in [-0.3, -0.25) is 9.78 Å². The van der Waals surface area contributed by atoms with Crippen LogP contribution in [0.15, 0.2) is 83.9 Å². The molecule has 0 aliphatic carbocycles. The van der Waals surface area contributed by atoms with Crippen LogP contribution in [-0.4, -0.2) is 44.4 Å². The van der Waals surface area contributed by atoms with Crippen molar-refractivity contribution in [2.24, 2.45) is 5.92 Å². The highest BCUT2D eigenvalue weighted by molar-refractivity contribution is 7.90. The minimum atomic E-state index is -3.62. The summed E-state index contributed by atoms with van der Waals surface area (Å²) >= 11 is 0. The van der Waals surface area contributed by atoms with Gasteiger partial charge in [0.15, 0.2) is 9.84 Å². The highest BCUT2D eigenvalue weighted by atomic mass is 32.2. The van der Waals surface area contributed by atoms with Crippen LogP contribution < -0.4 is 4.74 Å². The summed E-state index contributed by atoms with van der Waals surface area (Å²) in [6.07, 6.45) is 2.47. The average Bonchev–Trinajstić information content (AvgIpc) is 2.86. The lowest BCUT2D eigenvalue weighted by Gasteiger charge is -2.39. The first-order valence-corrected chi connectivity index (χ1v) is 13.6. The zero-order valence-electron chi connectivity index (χ0n) is 20.3. The third-order valence-electron chi connectivity index (χ3n) is 6.81. The summed E-state index contributed by atoms with van der Waals surface area (Å²) in [7, 11) is -1.94. The smallest absolute Gasteiger partial charge is 0.253 e. The lowest BCUT2D eigenvalue weighted by atomic mass is 9.91. The molecular formula is C29H28N2O4S. The van der Waals surface area contributed by atoms with E-state index in [2.05, 4.69) is 11.1 Å². The van der Waals surface area contributed by atoms with Gasteiger partial charge in [-0.1, -0.05) is 42.5 Å². The molecule has 0 spiro atoms. The number of sulfone groups is 1. The minimum absolute atomic E-state index is 0.0259. The van der Waals surface area contributed by atoms with E-state index >= 15 is 0 Å². The molecule has 2 heterocycles. The molecule has 36 heavy (non-hydrogen) atoms. The molecule has 1 aromatic heterocycles. The molecule has 6 nitrogen and oxygen atoms in total. The normalized spacial score (nSPS) is 14.0.